The molecule has 0 radical (unpaired) electrons. The molecule has 1 atom stereocenters. The van der Waals surface area contributed by atoms with Gasteiger partial charge < -0.3 is 10.4 Å². The average molecular weight is 238 g/mol. The number of aliphatic hydroxyl groups excluding tert-OH is 1. The van der Waals surface area contributed by atoms with Crippen molar-refractivity contribution in [2.45, 2.75) is 57.9 Å². The van der Waals surface area contributed by atoms with Crippen molar-refractivity contribution < 1.29 is 9.90 Å². The summed E-state index contributed by atoms with van der Waals surface area (Å²) in [6, 6.07) is 1.99. The van der Waals surface area contributed by atoms with Gasteiger partial charge in [0.25, 0.3) is 0 Å². The number of carbonyl (C=O) groups is 1. The highest BCUT2D eigenvalue weighted by Crippen LogP contribution is 2.34. The molecule has 1 aliphatic carbocycles. The molecule has 0 aromatic rings. The molecular formula is C13H22N2O2. The standard InChI is InChI=1S/C13H22N2O2/c1-2-11(9-16)15-12(17)13(10-14)7-5-3-4-6-8-13/h11,16H,2-9H2,1H3,(H,15,17)/t11-/m1/s1. The van der Waals surface area contributed by atoms with Crippen LogP contribution in [0.4, 0.5) is 0 Å². The van der Waals surface area contributed by atoms with E-state index in [1.165, 1.54) is 0 Å². The Labute approximate surface area is 103 Å². The molecule has 0 heterocycles. The molecule has 1 amide bonds. The van der Waals surface area contributed by atoms with Gasteiger partial charge in [-0.05, 0) is 19.3 Å². The number of rotatable bonds is 4. The monoisotopic (exact) mass is 238 g/mol. The second kappa shape index (κ2) is 6.61. The van der Waals surface area contributed by atoms with E-state index in [0.717, 1.165) is 25.7 Å². The van der Waals surface area contributed by atoms with Crippen molar-refractivity contribution >= 4 is 5.91 Å². The van der Waals surface area contributed by atoms with Crippen molar-refractivity contribution in [2.24, 2.45) is 5.41 Å². The first-order chi connectivity index (χ1) is 8.18. The summed E-state index contributed by atoms with van der Waals surface area (Å²) in [6.07, 6.45) is 6.08. The van der Waals surface area contributed by atoms with Gasteiger partial charge in [0.15, 0.2) is 0 Å². The predicted octanol–water partition coefficient (Wildman–Crippen LogP) is 1.74. The highest BCUT2D eigenvalue weighted by Gasteiger charge is 2.39. The molecule has 2 N–H and O–H groups in total. The van der Waals surface area contributed by atoms with E-state index in [1.54, 1.807) is 0 Å². The Morgan fingerprint density at radius 3 is 2.41 bits per heavy atom. The first-order valence-electron chi connectivity index (χ1n) is 6.51. The number of nitriles is 1. The van der Waals surface area contributed by atoms with Gasteiger partial charge in [0.2, 0.25) is 5.91 Å². The summed E-state index contributed by atoms with van der Waals surface area (Å²) < 4.78 is 0. The van der Waals surface area contributed by atoms with Crippen LogP contribution in [0.1, 0.15) is 51.9 Å². The molecule has 4 nitrogen and oxygen atoms in total. The van der Waals surface area contributed by atoms with Gasteiger partial charge >= 0.3 is 0 Å². The zero-order chi connectivity index (χ0) is 12.7. The summed E-state index contributed by atoms with van der Waals surface area (Å²) in [4.78, 5) is 12.2. The molecule has 0 saturated heterocycles. The van der Waals surface area contributed by atoms with Gasteiger partial charge in [-0.25, -0.2) is 0 Å². The van der Waals surface area contributed by atoms with Crippen LogP contribution >= 0.6 is 0 Å². The highest BCUT2D eigenvalue weighted by molar-refractivity contribution is 5.85. The minimum atomic E-state index is -0.862. The maximum absolute atomic E-state index is 12.2. The molecule has 0 bridgehead atoms. The Morgan fingerprint density at radius 2 is 2.00 bits per heavy atom. The van der Waals surface area contributed by atoms with Gasteiger partial charge in [-0.2, -0.15) is 5.26 Å². The van der Waals surface area contributed by atoms with Crippen molar-refractivity contribution in [3.63, 3.8) is 0 Å². The minimum Gasteiger partial charge on any atom is -0.394 e. The number of nitrogens with one attached hydrogen (secondary N) is 1. The number of nitrogens with zero attached hydrogens (tertiary/aromatic N) is 1. The predicted molar refractivity (Wildman–Crippen MR) is 65.1 cm³/mol. The Bertz CT molecular complexity index is 284. The Hall–Kier alpha value is -1.08. The van der Waals surface area contributed by atoms with Crippen LogP contribution in [-0.2, 0) is 4.79 Å². The number of aliphatic hydroxyl groups is 1. The van der Waals surface area contributed by atoms with Gasteiger partial charge in [0.05, 0.1) is 18.7 Å². The molecule has 0 spiro atoms. The third-order valence-corrected chi connectivity index (χ3v) is 3.65. The second-order valence-electron chi connectivity index (χ2n) is 4.87. The third kappa shape index (κ3) is 3.44. The van der Waals surface area contributed by atoms with E-state index < -0.39 is 5.41 Å². The van der Waals surface area contributed by atoms with Crippen LogP contribution in [0.15, 0.2) is 0 Å². The molecule has 1 aliphatic rings. The summed E-state index contributed by atoms with van der Waals surface area (Å²) in [6.45, 7) is 1.84. The largest absolute Gasteiger partial charge is 0.394 e. The zero-order valence-corrected chi connectivity index (χ0v) is 10.5. The topological polar surface area (TPSA) is 73.1 Å². The lowest BCUT2D eigenvalue weighted by atomic mass is 9.80. The van der Waals surface area contributed by atoms with Crippen LogP contribution in [0.3, 0.4) is 0 Å². The first kappa shape index (κ1) is 14.0. The van der Waals surface area contributed by atoms with E-state index in [0.29, 0.717) is 19.3 Å². The van der Waals surface area contributed by atoms with E-state index in [2.05, 4.69) is 11.4 Å². The van der Waals surface area contributed by atoms with Crippen LogP contribution in [-0.4, -0.2) is 23.7 Å². The normalized spacial score (nSPS) is 21.0. The van der Waals surface area contributed by atoms with Crippen LogP contribution in [0.25, 0.3) is 0 Å². The van der Waals surface area contributed by atoms with Crippen LogP contribution in [0.2, 0.25) is 0 Å². The SMILES string of the molecule is CC[C@H](CO)NC(=O)C1(C#N)CCCCCC1. The zero-order valence-electron chi connectivity index (χ0n) is 10.5. The van der Waals surface area contributed by atoms with E-state index in [1.807, 2.05) is 6.92 Å². The van der Waals surface area contributed by atoms with Crippen LogP contribution in [0, 0.1) is 16.7 Å². The summed E-state index contributed by atoms with van der Waals surface area (Å²) in [5.74, 6) is -0.192. The molecule has 0 aliphatic heterocycles. The smallest absolute Gasteiger partial charge is 0.240 e. The van der Waals surface area contributed by atoms with E-state index in [-0.39, 0.29) is 18.6 Å². The molecule has 0 unspecified atom stereocenters. The van der Waals surface area contributed by atoms with Crippen molar-refractivity contribution in [1.82, 2.24) is 5.32 Å². The number of hydrogen-bond acceptors (Lipinski definition) is 3. The van der Waals surface area contributed by atoms with Crippen LogP contribution < -0.4 is 5.32 Å². The molecule has 96 valence electrons. The lowest BCUT2D eigenvalue weighted by Crippen LogP contribution is -2.46. The van der Waals surface area contributed by atoms with Gasteiger partial charge in [-0.3, -0.25) is 4.79 Å². The lowest BCUT2D eigenvalue weighted by Gasteiger charge is -2.26. The van der Waals surface area contributed by atoms with Gasteiger partial charge in [-0.1, -0.05) is 32.6 Å². The van der Waals surface area contributed by atoms with Crippen molar-refractivity contribution in [1.29, 1.82) is 5.26 Å². The van der Waals surface area contributed by atoms with E-state index >= 15 is 0 Å². The molecule has 1 fully saturated rings. The first-order valence-corrected chi connectivity index (χ1v) is 6.51. The molecule has 1 rings (SSSR count). The van der Waals surface area contributed by atoms with E-state index in [9.17, 15) is 10.1 Å². The molecule has 17 heavy (non-hydrogen) atoms. The molecular weight excluding hydrogens is 216 g/mol. The van der Waals surface area contributed by atoms with Gasteiger partial charge in [0.1, 0.15) is 5.41 Å². The Balaban J connectivity index is 2.71. The van der Waals surface area contributed by atoms with Crippen molar-refractivity contribution in [3.8, 4) is 6.07 Å². The van der Waals surface area contributed by atoms with Crippen LogP contribution in [0.5, 0.6) is 0 Å². The lowest BCUT2D eigenvalue weighted by molar-refractivity contribution is -0.129. The molecule has 0 aromatic carbocycles. The average Bonchev–Trinajstić information content (AvgIpc) is 2.61. The third-order valence-electron chi connectivity index (χ3n) is 3.65. The van der Waals surface area contributed by atoms with Gasteiger partial charge in [0, 0.05) is 0 Å². The molecule has 1 saturated carbocycles. The summed E-state index contributed by atoms with van der Waals surface area (Å²) >= 11 is 0. The summed E-state index contributed by atoms with van der Waals surface area (Å²) in [7, 11) is 0. The maximum atomic E-state index is 12.2. The number of carbonyl (C=O) groups excluding carboxylic acids is 1. The fourth-order valence-electron chi connectivity index (χ4n) is 2.32. The number of amides is 1. The fraction of sp³-hybridized carbons (Fsp3) is 0.846. The molecule has 4 heteroatoms. The van der Waals surface area contributed by atoms with E-state index in [4.69, 9.17) is 5.11 Å². The minimum absolute atomic E-state index is 0.0657. The van der Waals surface area contributed by atoms with Crippen molar-refractivity contribution in [2.75, 3.05) is 6.61 Å². The molecule has 0 aromatic heterocycles. The van der Waals surface area contributed by atoms with Gasteiger partial charge in [-0.15, -0.1) is 0 Å². The van der Waals surface area contributed by atoms with Crippen molar-refractivity contribution in [3.05, 3.63) is 0 Å². The summed E-state index contributed by atoms with van der Waals surface area (Å²) in [5, 5.41) is 21.2. The Morgan fingerprint density at radius 1 is 1.41 bits per heavy atom. The maximum Gasteiger partial charge on any atom is 0.240 e. The second-order valence-corrected chi connectivity index (χ2v) is 4.87. The Kier molecular flexibility index (Phi) is 5.43. The summed E-state index contributed by atoms with van der Waals surface area (Å²) in [5.41, 5.74) is -0.862. The quantitative estimate of drug-likeness (QED) is 0.733. The number of hydrogen-bond donors (Lipinski definition) is 2. The fourth-order valence-corrected chi connectivity index (χ4v) is 2.32. The highest BCUT2D eigenvalue weighted by atomic mass is 16.3.